The molecule has 3 rings (SSSR count). The fourth-order valence-electron chi connectivity index (χ4n) is 4.06. The summed E-state index contributed by atoms with van der Waals surface area (Å²) in [6, 6.07) is 12.1. The molecule has 0 amide bonds. The van der Waals surface area contributed by atoms with Crippen molar-refractivity contribution >= 4 is 5.71 Å². The van der Waals surface area contributed by atoms with Crippen LogP contribution in [0.1, 0.15) is 56.2 Å². The molecule has 0 N–H and O–H groups in total. The molecule has 172 valence electrons. The van der Waals surface area contributed by atoms with Crippen LogP contribution in [-0.2, 0) is 4.84 Å². The van der Waals surface area contributed by atoms with Gasteiger partial charge in [-0.1, -0.05) is 17.3 Å². The lowest BCUT2D eigenvalue weighted by Gasteiger charge is -2.31. The highest BCUT2D eigenvalue weighted by Gasteiger charge is 2.26. The van der Waals surface area contributed by atoms with Crippen LogP contribution in [0.2, 0.25) is 0 Å². The third kappa shape index (κ3) is 6.52. The number of benzene rings is 2. The predicted molar refractivity (Wildman–Crippen MR) is 129 cm³/mol. The second kappa shape index (κ2) is 11.6. The standard InChI is InChI=1S/C27H35NO4/c1-6-7-15-30-26-16-19(2)27(20(3)17-26)32-25-10-8-9-24(18-25)31-23-13-11-22(12-14-23)21(4)28-29-5/h6-7,11-14,16-17,24-25H,8-10,15,18H2,1-5H3/b7-6+,28-21?. The average molecular weight is 438 g/mol. The van der Waals surface area contributed by atoms with Crippen molar-refractivity contribution in [3.8, 4) is 17.2 Å². The van der Waals surface area contributed by atoms with Crippen LogP contribution < -0.4 is 14.2 Å². The van der Waals surface area contributed by atoms with Crippen LogP contribution in [0, 0.1) is 13.8 Å². The summed E-state index contributed by atoms with van der Waals surface area (Å²) in [7, 11) is 1.55. The topological polar surface area (TPSA) is 49.3 Å². The molecule has 1 aliphatic rings. The first-order chi connectivity index (χ1) is 15.5. The number of ether oxygens (including phenoxy) is 3. The first kappa shape index (κ1) is 23.7. The van der Waals surface area contributed by atoms with Gasteiger partial charge in [-0.25, -0.2) is 0 Å². The number of nitrogens with zero attached hydrogens (tertiary/aromatic N) is 1. The van der Waals surface area contributed by atoms with Gasteiger partial charge in [-0.3, -0.25) is 0 Å². The summed E-state index contributed by atoms with van der Waals surface area (Å²) in [5.41, 5.74) is 4.07. The molecule has 2 unspecified atom stereocenters. The Morgan fingerprint density at radius 3 is 2.28 bits per heavy atom. The monoisotopic (exact) mass is 437 g/mol. The second-order valence-electron chi connectivity index (χ2n) is 8.30. The lowest BCUT2D eigenvalue weighted by molar-refractivity contribution is 0.0672. The van der Waals surface area contributed by atoms with Gasteiger partial charge >= 0.3 is 0 Å². The Hall–Kier alpha value is -2.95. The van der Waals surface area contributed by atoms with E-state index in [1.54, 1.807) is 7.11 Å². The summed E-state index contributed by atoms with van der Waals surface area (Å²) < 4.78 is 18.5. The fraction of sp³-hybridized carbons (Fsp3) is 0.444. The molecule has 2 aromatic rings. The van der Waals surface area contributed by atoms with Gasteiger partial charge in [0.25, 0.3) is 0 Å². The molecule has 5 heteroatoms. The van der Waals surface area contributed by atoms with Gasteiger partial charge in [-0.15, -0.1) is 0 Å². The van der Waals surface area contributed by atoms with Gasteiger partial charge in [0.05, 0.1) is 5.71 Å². The van der Waals surface area contributed by atoms with Crippen molar-refractivity contribution < 1.29 is 19.0 Å². The second-order valence-corrected chi connectivity index (χ2v) is 8.30. The fourth-order valence-corrected chi connectivity index (χ4v) is 4.06. The van der Waals surface area contributed by atoms with Gasteiger partial charge in [-0.2, -0.15) is 0 Å². The Bertz CT molecular complexity index is 910. The van der Waals surface area contributed by atoms with Crippen LogP contribution in [0.25, 0.3) is 0 Å². The summed E-state index contributed by atoms with van der Waals surface area (Å²) in [5.74, 6) is 2.72. The Morgan fingerprint density at radius 1 is 1.00 bits per heavy atom. The Kier molecular flexibility index (Phi) is 8.60. The minimum atomic E-state index is 0.149. The highest BCUT2D eigenvalue weighted by Crippen LogP contribution is 2.33. The Morgan fingerprint density at radius 2 is 1.66 bits per heavy atom. The van der Waals surface area contributed by atoms with Crippen molar-refractivity contribution in [2.75, 3.05) is 13.7 Å². The quantitative estimate of drug-likeness (QED) is 0.259. The molecule has 2 aromatic carbocycles. The molecule has 1 aliphatic carbocycles. The summed E-state index contributed by atoms with van der Waals surface area (Å²) in [5, 5.41) is 3.98. The van der Waals surface area contributed by atoms with Crippen LogP contribution in [0.4, 0.5) is 0 Å². The van der Waals surface area contributed by atoms with Gasteiger partial charge in [-0.05, 0) is 100 Å². The summed E-state index contributed by atoms with van der Waals surface area (Å²) in [6.45, 7) is 8.66. The smallest absolute Gasteiger partial charge is 0.125 e. The normalized spacial score (nSPS) is 19.1. The molecule has 0 bridgehead atoms. The third-order valence-electron chi connectivity index (χ3n) is 5.68. The first-order valence-electron chi connectivity index (χ1n) is 11.4. The molecule has 0 aromatic heterocycles. The van der Waals surface area contributed by atoms with E-state index in [-0.39, 0.29) is 12.2 Å². The van der Waals surface area contributed by atoms with Crippen LogP contribution in [0.5, 0.6) is 17.2 Å². The van der Waals surface area contributed by atoms with Gasteiger partial charge in [0.1, 0.15) is 43.2 Å². The zero-order valence-corrected chi connectivity index (χ0v) is 19.9. The van der Waals surface area contributed by atoms with Gasteiger partial charge in [0.15, 0.2) is 0 Å². The lowest BCUT2D eigenvalue weighted by atomic mass is 9.94. The number of hydrogen-bond acceptors (Lipinski definition) is 5. The lowest BCUT2D eigenvalue weighted by Crippen LogP contribution is -2.32. The Balaban J connectivity index is 1.60. The summed E-state index contributed by atoms with van der Waals surface area (Å²) >= 11 is 0. The maximum absolute atomic E-state index is 6.46. The SMILES string of the molecule is C/C=C/COc1cc(C)c(OC2CCCC(Oc3ccc(C(C)=NOC)cc3)C2)c(C)c1. The van der Waals surface area contributed by atoms with E-state index in [1.807, 2.05) is 50.3 Å². The molecule has 0 radical (unpaired) electrons. The first-order valence-corrected chi connectivity index (χ1v) is 11.4. The van der Waals surface area contributed by atoms with Crippen molar-refractivity contribution in [3.05, 3.63) is 65.2 Å². The molecule has 0 saturated heterocycles. The minimum Gasteiger partial charge on any atom is -0.490 e. The third-order valence-corrected chi connectivity index (χ3v) is 5.68. The zero-order valence-electron chi connectivity index (χ0n) is 19.9. The highest BCUT2D eigenvalue weighted by molar-refractivity contribution is 5.98. The van der Waals surface area contributed by atoms with Gasteiger partial charge in [0, 0.05) is 6.42 Å². The highest BCUT2D eigenvalue weighted by atomic mass is 16.6. The molecular weight excluding hydrogens is 402 g/mol. The summed E-state index contributed by atoms with van der Waals surface area (Å²) in [4.78, 5) is 4.85. The van der Waals surface area contributed by atoms with Crippen molar-refractivity contribution in [2.24, 2.45) is 5.16 Å². The Labute approximate surface area is 192 Å². The van der Waals surface area contributed by atoms with Gasteiger partial charge in [0.2, 0.25) is 0 Å². The van der Waals surface area contributed by atoms with E-state index in [2.05, 4.69) is 31.1 Å². The van der Waals surface area contributed by atoms with E-state index >= 15 is 0 Å². The maximum atomic E-state index is 6.46. The van der Waals surface area contributed by atoms with E-state index < -0.39 is 0 Å². The largest absolute Gasteiger partial charge is 0.490 e. The van der Waals surface area contributed by atoms with Crippen LogP contribution in [0.3, 0.4) is 0 Å². The number of rotatable bonds is 9. The molecular formula is C27H35NO4. The molecule has 1 fully saturated rings. The van der Waals surface area contributed by atoms with Gasteiger partial charge < -0.3 is 19.0 Å². The molecule has 2 atom stereocenters. The van der Waals surface area contributed by atoms with E-state index in [0.29, 0.717) is 6.61 Å². The van der Waals surface area contributed by atoms with Crippen molar-refractivity contribution in [2.45, 2.75) is 65.6 Å². The van der Waals surface area contributed by atoms with Crippen LogP contribution in [-0.4, -0.2) is 31.6 Å². The van der Waals surface area contributed by atoms with Crippen molar-refractivity contribution in [1.29, 1.82) is 0 Å². The zero-order chi connectivity index (χ0) is 22.9. The van der Waals surface area contributed by atoms with E-state index in [9.17, 15) is 0 Å². The number of allylic oxidation sites excluding steroid dienone is 1. The predicted octanol–water partition coefficient (Wildman–Crippen LogP) is 6.40. The van der Waals surface area contributed by atoms with Crippen LogP contribution in [0.15, 0.2) is 53.7 Å². The summed E-state index contributed by atoms with van der Waals surface area (Å²) in [6.07, 6.45) is 8.35. The van der Waals surface area contributed by atoms with E-state index in [1.165, 1.54) is 0 Å². The molecule has 1 saturated carbocycles. The molecule has 0 spiro atoms. The average Bonchev–Trinajstić information content (AvgIpc) is 2.77. The number of hydrogen-bond donors (Lipinski definition) is 0. The number of oxime groups is 1. The number of aryl methyl sites for hydroxylation is 2. The molecule has 32 heavy (non-hydrogen) atoms. The molecule has 5 nitrogen and oxygen atoms in total. The van der Waals surface area contributed by atoms with E-state index in [0.717, 1.165) is 65.3 Å². The minimum absolute atomic E-state index is 0.149. The molecule has 0 aliphatic heterocycles. The molecule has 0 heterocycles. The van der Waals surface area contributed by atoms with Crippen LogP contribution >= 0.6 is 0 Å². The maximum Gasteiger partial charge on any atom is 0.125 e. The van der Waals surface area contributed by atoms with E-state index in [4.69, 9.17) is 19.0 Å². The van der Waals surface area contributed by atoms with Crippen molar-refractivity contribution in [3.63, 3.8) is 0 Å². The van der Waals surface area contributed by atoms with Crippen molar-refractivity contribution in [1.82, 2.24) is 0 Å².